The molecule has 2 N–H and O–H groups in total. The Morgan fingerprint density at radius 1 is 1.35 bits per heavy atom. The highest BCUT2D eigenvalue weighted by Gasteiger charge is 2.11. The number of halogens is 1. The molecule has 0 aliphatic carbocycles. The second-order valence-corrected chi connectivity index (χ2v) is 4.60. The van der Waals surface area contributed by atoms with E-state index in [9.17, 15) is 0 Å². The van der Waals surface area contributed by atoms with Crippen molar-refractivity contribution in [2.45, 2.75) is 19.4 Å². The Balaban J connectivity index is 2.09. The largest absolute Gasteiger partial charge is 0.325 e. The average Bonchev–Trinajstić information content (AvgIpc) is 2.65. The highest BCUT2D eigenvalue weighted by molar-refractivity contribution is 9.10. The van der Waals surface area contributed by atoms with Crippen molar-refractivity contribution in [3.05, 3.63) is 46.2 Å². The third-order valence-electron chi connectivity index (χ3n) is 2.71. The van der Waals surface area contributed by atoms with E-state index in [1.165, 1.54) is 0 Å². The Bertz CT molecular complexity index is 493. The molecular weight excluding hydrogens is 280 g/mol. The van der Waals surface area contributed by atoms with Gasteiger partial charge in [0.15, 0.2) is 0 Å². The van der Waals surface area contributed by atoms with Crippen LogP contribution in [0.1, 0.15) is 17.2 Å². The molecular formula is C12H15BrN4. The minimum absolute atomic E-state index is 0.457. The molecule has 0 bridgehead atoms. The van der Waals surface area contributed by atoms with Crippen LogP contribution in [0.25, 0.3) is 0 Å². The van der Waals surface area contributed by atoms with Crippen LogP contribution in [0.2, 0.25) is 0 Å². The molecule has 2 aromatic heterocycles. The summed E-state index contributed by atoms with van der Waals surface area (Å²) in [5.74, 6) is 0.896. The van der Waals surface area contributed by atoms with Gasteiger partial charge in [0, 0.05) is 18.9 Å². The van der Waals surface area contributed by atoms with Crippen molar-refractivity contribution in [3.8, 4) is 0 Å². The first kappa shape index (κ1) is 12.3. The summed E-state index contributed by atoms with van der Waals surface area (Å²) in [6.07, 6.45) is 3.57. The normalized spacial score (nSPS) is 10.8. The fraction of sp³-hybridized carbons (Fsp3) is 0.333. The molecule has 0 aliphatic heterocycles. The highest BCUT2D eigenvalue weighted by atomic mass is 79.9. The molecule has 0 radical (unpaired) electrons. The van der Waals surface area contributed by atoms with Gasteiger partial charge < -0.3 is 10.3 Å². The van der Waals surface area contributed by atoms with Crippen LogP contribution < -0.4 is 5.73 Å². The SMILES string of the molecule is Cn1c(CN)nc(CCc2ccccn2)c1Br. The van der Waals surface area contributed by atoms with E-state index in [1.807, 2.05) is 36.0 Å². The molecule has 4 nitrogen and oxygen atoms in total. The Hall–Kier alpha value is -1.20. The minimum atomic E-state index is 0.457. The fourth-order valence-corrected chi connectivity index (χ4v) is 2.21. The molecule has 90 valence electrons. The summed E-state index contributed by atoms with van der Waals surface area (Å²) in [5.41, 5.74) is 7.75. The van der Waals surface area contributed by atoms with Gasteiger partial charge in [-0.05, 0) is 40.9 Å². The number of hydrogen-bond acceptors (Lipinski definition) is 3. The number of nitrogens with two attached hydrogens (primary N) is 1. The fourth-order valence-electron chi connectivity index (χ4n) is 1.72. The van der Waals surface area contributed by atoms with Crippen molar-refractivity contribution >= 4 is 15.9 Å². The lowest BCUT2D eigenvalue weighted by molar-refractivity contribution is 0.781. The van der Waals surface area contributed by atoms with Crippen LogP contribution >= 0.6 is 15.9 Å². The lowest BCUT2D eigenvalue weighted by Crippen LogP contribution is -2.04. The first-order valence-electron chi connectivity index (χ1n) is 5.52. The second-order valence-electron chi connectivity index (χ2n) is 3.85. The van der Waals surface area contributed by atoms with Crippen LogP contribution in [0.5, 0.6) is 0 Å². The number of nitrogens with zero attached hydrogens (tertiary/aromatic N) is 3. The van der Waals surface area contributed by atoms with E-state index in [1.54, 1.807) is 0 Å². The molecule has 0 saturated carbocycles. The third kappa shape index (κ3) is 2.73. The van der Waals surface area contributed by atoms with E-state index >= 15 is 0 Å². The molecule has 0 spiro atoms. The van der Waals surface area contributed by atoms with Gasteiger partial charge in [-0.2, -0.15) is 0 Å². The Kier molecular flexibility index (Phi) is 3.91. The molecule has 0 fully saturated rings. The summed E-state index contributed by atoms with van der Waals surface area (Å²) in [4.78, 5) is 8.80. The van der Waals surface area contributed by atoms with Gasteiger partial charge in [0.1, 0.15) is 10.4 Å². The van der Waals surface area contributed by atoms with Crippen LogP contribution in [0.15, 0.2) is 29.0 Å². The highest BCUT2D eigenvalue weighted by Crippen LogP contribution is 2.18. The Morgan fingerprint density at radius 2 is 2.18 bits per heavy atom. The quantitative estimate of drug-likeness (QED) is 0.936. The molecule has 2 rings (SSSR count). The van der Waals surface area contributed by atoms with Crippen molar-refractivity contribution in [1.82, 2.24) is 14.5 Å². The summed E-state index contributed by atoms with van der Waals surface area (Å²) in [6, 6.07) is 5.95. The van der Waals surface area contributed by atoms with E-state index in [-0.39, 0.29) is 0 Å². The van der Waals surface area contributed by atoms with Crippen molar-refractivity contribution in [2.75, 3.05) is 0 Å². The number of imidazole rings is 1. The molecule has 5 heteroatoms. The van der Waals surface area contributed by atoms with Crippen molar-refractivity contribution < 1.29 is 0 Å². The summed E-state index contributed by atoms with van der Waals surface area (Å²) in [6.45, 7) is 0.457. The van der Waals surface area contributed by atoms with Crippen LogP contribution in [-0.2, 0) is 26.4 Å². The summed E-state index contributed by atoms with van der Waals surface area (Å²) in [7, 11) is 1.96. The molecule has 0 unspecified atom stereocenters. The lowest BCUT2D eigenvalue weighted by atomic mass is 10.2. The number of aryl methyl sites for hydroxylation is 2. The summed E-state index contributed by atoms with van der Waals surface area (Å²) < 4.78 is 2.99. The molecule has 2 heterocycles. The van der Waals surface area contributed by atoms with Crippen LogP contribution in [0.4, 0.5) is 0 Å². The first-order chi connectivity index (χ1) is 8.22. The van der Waals surface area contributed by atoms with Crippen LogP contribution in [-0.4, -0.2) is 14.5 Å². The number of pyridine rings is 1. The molecule has 0 saturated heterocycles. The van der Waals surface area contributed by atoms with E-state index < -0.39 is 0 Å². The Morgan fingerprint density at radius 3 is 2.76 bits per heavy atom. The second kappa shape index (κ2) is 5.42. The predicted molar refractivity (Wildman–Crippen MR) is 70.4 cm³/mol. The van der Waals surface area contributed by atoms with Crippen molar-refractivity contribution in [2.24, 2.45) is 12.8 Å². The minimum Gasteiger partial charge on any atom is -0.325 e. The zero-order chi connectivity index (χ0) is 12.3. The van der Waals surface area contributed by atoms with Crippen molar-refractivity contribution in [1.29, 1.82) is 0 Å². The molecule has 0 aromatic carbocycles. The molecule has 0 amide bonds. The Labute approximate surface area is 109 Å². The van der Waals surface area contributed by atoms with Gasteiger partial charge in [0.2, 0.25) is 0 Å². The van der Waals surface area contributed by atoms with E-state index in [0.29, 0.717) is 6.54 Å². The predicted octanol–water partition coefficient (Wildman–Crippen LogP) is 1.82. The van der Waals surface area contributed by atoms with Gasteiger partial charge in [-0.3, -0.25) is 4.98 Å². The van der Waals surface area contributed by atoms with Gasteiger partial charge in [0.25, 0.3) is 0 Å². The molecule has 17 heavy (non-hydrogen) atoms. The van der Waals surface area contributed by atoms with Crippen LogP contribution in [0.3, 0.4) is 0 Å². The number of rotatable bonds is 4. The molecule has 0 aliphatic rings. The lowest BCUT2D eigenvalue weighted by Gasteiger charge is -1.99. The summed E-state index contributed by atoms with van der Waals surface area (Å²) in [5, 5.41) is 0. The average molecular weight is 295 g/mol. The smallest absolute Gasteiger partial charge is 0.123 e. The first-order valence-corrected chi connectivity index (χ1v) is 6.31. The van der Waals surface area contributed by atoms with Crippen LogP contribution in [0, 0.1) is 0 Å². The van der Waals surface area contributed by atoms with Gasteiger partial charge in [0.05, 0.1) is 12.2 Å². The topological polar surface area (TPSA) is 56.7 Å². The van der Waals surface area contributed by atoms with Crippen molar-refractivity contribution in [3.63, 3.8) is 0 Å². The van der Waals surface area contributed by atoms with E-state index in [0.717, 1.165) is 34.7 Å². The number of hydrogen-bond donors (Lipinski definition) is 1. The maximum Gasteiger partial charge on any atom is 0.123 e. The monoisotopic (exact) mass is 294 g/mol. The maximum atomic E-state index is 5.62. The van der Waals surface area contributed by atoms with Gasteiger partial charge in [-0.1, -0.05) is 6.07 Å². The number of aromatic nitrogens is 3. The summed E-state index contributed by atoms with van der Waals surface area (Å²) >= 11 is 3.54. The van der Waals surface area contributed by atoms with Gasteiger partial charge in [-0.15, -0.1) is 0 Å². The third-order valence-corrected chi connectivity index (χ3v) is 3.70. The van der Waals surface area contributed by atoms with E-state index in [4.69, 9.17) is 5.73 Å². The molecule has 0 atom stereocenters. The maximum absolute atomic E-state index is 5.62. The van der Waals surface area contributed by atoms with Gasteiger partial charge >= 0.3 is 0 Å². The van der Waals surface area contributed by atoms with E-state index in [2.05, 4.69) is 25.9 Å². The zero-order valence-corrected chi connectivity index (χ0v) is 11.3. The standard InChI is InChI=1S/C12H15BrN4/c1-17-11(8-14)16-10(12(17)13)6-5-9-4-2-3-7-15-9/h2-4,7H,5-6,8,14H2,1H3. The zero-order valence-electron chi connectivity index (χ0n) is 9.73. The molecule has 2 aromatic rings. The van der Waals surface area contributed by atoms with Gasteiger partial charge in [-0.25, -0.2) is 4.98 Å².